The van der Waals surface area contributed by atoms with Gasteiger partial charge in [-0.25, -0.2) is 0 Å². The number of piperidine rings is 1. The van der Waals surface area contributed by atoms with Gasteiger partial charge in [0, 0.05) is 59.2 Å². The molecule has 3 N–H and O–H groups in total. The predicted octanol–water partition coefficient (Wildman–Crippen LogP) is 5.40. The summed E-state index contributed by atoms with van der Waals surface area (Å²) in [7, 11) is 4.75. The van der Waals surface area contributed by atoms with Gasteiger partial charge in [-0.15, -0.1) is 0 Å². The number of methoxy groups -OCH3 is 2. The Bertz CT molecular complexity index is 1770. The molecule has 1 aliphatic carbocycles. The smallest absolute Gasteiger partial charge is 0.307 e. The average Bonchev–Trinajstić information content (AvgIpc) is 4.06. The van der Waals surface area contributed by atoms with E-state index in [1.807, 2.05) is 58.0 Å². The van der Waals surface area contributed by atoms with Gasteiger partial charge in [-0.05, 0) is 74.7 Å². The molecule has 0 unspecified atom stereocenters. The van der Waals surface area contributed by atoms with Crippen LogP contribution in [0.5, 0.6) is 0 Å². The zero-order valence-electron chi connectivity index (χ0n) is 40.0. The van der Waals surface area contributed by atoms with E-state index in [-0.39, 0.29) is 83.7 Å². The molecule has 2 saturated heterocycles. The van der Waals surface area contributed by atoms with E-state index in [1.54, 1.807) is 28.7 Å². The number of alkyl halides is 1. The van der Waals surface area contributed by atoms with Crippen molar-refractivity contribution in [2.75, 3.05) is 39.7 Å². The van der Waals surface area contributed by atoms with E-state index in [0.29, 0.717) is 45.2 Å². The first-order valence-corrected chi connectivity index (χ1v) is 25.0. The van der Waals surface area contributed by atoms with Gasteiger partial charge in [0.1, 0.15) is 17.9 Å². The molecular weight excluding hydrogens is 898 g/mol. The first-order valence-electron chi connectivity index (χ1n) is 23.8. The number of amides is 5. The molecule has 364 valence electrons. The molecular formula is C49H76BrN5O10. The first kappa shape index (κ1) is 53.7. The summed E-state index contributed by atoms with van der Waals surface area (Å²) < 4.78 is 12.0. The highest BCUT2D eigenvalue weighted by atomic mass is 79.9. The Balaban J connectivity index is 1.43. The number of unbranched alkanes of at least 4 members (excludes halogenated alkanes) is 2. The number of nitrogens with one attached hydrogen (secondary N) is 2. The van der Waals surface area contributed by atoms with Crippen LogP contribution in [-0.4, -0.2) is 143 Å². The van der Waals surface area contributed by atoms with Crippen molar-refractivity contribution in [1.29, 1.82) is 0 Å². The number of benzene rings is 1. The summed E-state index contributed by atoms with van der Waals surface area (Å²) >= 11 is 3.14. The van der Waals surface area contributed by atoms with Gasteiger partial charge in [0.15, 0.2) is 0 Å². The molecule has 2 heterocycles. The van der Waals surface area contributed by atoms with Gasteiger partial charge in [-0.2, -0.15) is 0 Å². The van der Waals surface area contributed by atoms with Crippen molar-refractivity contribution in [1.82, 2.24) is 25.3 Å². The van der Waals surface area contributed by atoms with Crippen LogP contribution in [0.1, 0.15) is 117 Å². The summed E-state index contributed by atoms with van der Waals surface area (Å²) in [6.07, 6.45) is 5.61. The number of Topliss-reactive ketones (excluding diaryl/α,β-unsaturated/α-hetero) is 1. The second kappa shape index (κ2) is 25.9. The van der Waals surface area contributed by atoms with Crippen LogP contribution in [0.2, 0.25) is 0 Å². The lowest BCUT2D eigenvalue weighted by Crippen LogP contribution is -2.60. The number of hydrogen-bond donors (Lipinski definition) is 3. The molecule has 1 aromatic carbocycles. The van der Waals surface area contributed by atoms with Crippen molar-refractivity contribution in [2.45, 2.75) is 161 Å². The van der Waals surface area contributed by atoms with E-state index in [1.165, 1.54) is 14.2 Å². The Hall–Kier alpha value is -3.89. The highest BCUT2D eigenvalue weighted by molar-refractivity contribution is 9.09. The molecule has 2 aliphatic heterocycles. The third-order valence-electron chi connectivity index (χ3n) is 14.4. The van der Waals surface area contributed by atoms with Crippen LogP contribution in [0.25, 0.3) is 0 Å². The summed E-state index contributed by atoms with van der Waals surface area (Å²) in [5.41, 5.74) is 0.835. The Morgan fingerprint density at radius 2 is 1.63 bits per heavy atom. The third-order valence-corrected chi connectivity index (χ3v) is 14.9. The van der Waals surface area contributed by atoms with Gasteiger partial charge in [0.2, 0.25) is 29.5 Å². The van der Waals surface area contributed by atoms with E-state index >= 15 is 0 Å². The fourth-order valence-corrected chi connectivity index (χ4v) is 10.8. The van der Waals surface area contributed by atoms with Crippen molar-refractivity contribution in [3.05, 3.63) is 35.9 Å². The normalized spacial score (nSPS) is 22.4. The lowest BCUT2D eigenvalue weighted by molar-refractivity contribution is -0.149. The number of carboxylic acids is 1. The number of likely N-dealkylation sites (tertiary alicyclic amines) is 2. The van der Waals surface area contributed by atoms with Gasteiger partial charge in [0.25, 0.3) is 0 Å². The zero-order valence-corrected chi connectivity index (χ0v) is 41.6. The fraction of sp³-hybridized carbons (Fsp3) is 0.735. The first-order chi connectivity index (χ1) is 31.0. The number of carbonyl (C=O) groups excluding carboxylic acids is 6. The van der Waals surface area contributed by atoms with E-state index in [4.69, 9.17) is 9.47 Å². The molecule has 65 heavy (non-hydrogen) atoms. The number of aliphatic carboxylic acids is 1. The highest BCUT2D eigenvalue weighted by Gasteiger charge is 2.52. The van der Waals surface area contributed by atoms with E-state index in [9.17, 15) is 38.7 Å². The van der Waals surface area contributed by atoms with Crippen LogP contribution in [0, 0.1) is 29.6 Å². The fourth-order valence-electron chi connectivity index (χ4n) is 10.6. The molecule has 0 radical (unpaired) electrons. The summed E-state index contributed by atoms with van der Waals surface area (Å²) in [6.45, 7) is 10.5. The Morgan fingerprint density at radius 3 is 2.25 bits per heavy atom. The molecule has 1 aromatic rings. The molecule has 15 nitrogen and oxygen atoms in total. The topological polar surface area (TPSA) is 192 Å². The summed E-state index contributed by atoms with van der Waals surface area (Å²) in [4.78, 5) is 99.5. The average molecular weight is 975 g/mol. The van der Waals surface area contributed by atoms with Crippen LogP contribution in [0.3, 0.4) is 0 Å². The minimum Gasteiger partial charge on any atom is -0.481 e. The number of rotatable bonds is 27. The number of nitrogens with zero attached hydrogens (tertiary/aromatic N) is 3. The second-order valence-electron chi connectivity index (χ2n) is 19.0. The van der Waals surface area contributed by atoms with Gasteiger partial charge >= 0.3 is 5.97 Å². The summed E-state index contributed by atoms with van der Waals surface area (Å²) in [5, 5.41) is 16.1. The number of carbonyl (C=O) groups is 7. The number of likely N-dealkylation sites (N-methyl/N-ethyl adjacent to an activating group) is 1. The Morgan fingerprint density at radius 1 is 0.923 bits per heavy atom. The lowest BCUT2D eigenvalue weighted by atomic mass is 9.85. The molecule has 2 bridgehead atoms. The largest absolute Gasteiger partial charge is 0.481 e. The van der Waals surface area contributed by atoms with Crippen LogP contribution < -0.4 is 10.6 Å². The third kappa shape index (κ3) is 14.1. The molecule has 16 heteroatoms. The van der Waals surface area contributed by atoms with E-state index in [0.717, 1.165) is 37.7 Å². The van der Waals surface area contributed by atoms with Crippen LogP contribution in [0.15, 0.2) is 30.3 Å². The Labute approximate surface area is 395 Å². The highest BCUT2D eigenvalue weighted by Crippen LogP contribution is 2.43. The lowest BCUT2D eigenvalue weighted by Gasteiger charge is -2.41. The van der Waals surface area contributed by atoms with Crippen molar-refractivity contribution in [3.63, 3.8) is 0 Å². The van der Waals surface area contributed by atoms with Gasteiger partial charge < -0.3 is 39.9 Å². The monoisotopic (exact) mass is 973 g/mol. The molecule has 0 aromatic heterocycles. The number of hydrogen-bond acceptors (Lipinski definition) is 9. The number of ether oxygens (including phenoxy) is 2. The van der Waals surface area contributed by atoms with Crippen molar-refractivity contribution < 1.29 is 48.1 Å². The molecule has 3 fully saturated rings. The minimum atomic E-state index is -1.04. The van der Waals surface area contributed by atoms with Crippen molar-refractivity contribution in [3.8, 4) is 0 Å². The van der Waals surface area contributed by atoms with E-state index < -0.39 is 54.2 Å². The maximum absolute atomic E-state index is 14.6. The van der Waals surface area contributed by atoms with Crippen molar-refractivity contribution in [2.24, 2.45) is 29.6 Å². The second-order valence-corrected chi connectivity index (χ2v) is 19.5. The Kier molecular flexibility index (Phi) is 21.4. The van der Waals surface area contributed by atoms with Gasteiger partial charge in [0.05, 0.1) is 42.0 Å². The molecule has 3 aliphatic rings. The molecule has 1 saturated carbocycles. The standard InChI is InChI=1S/C49H76BrN5O10/c1-9-31(4)44(39(64-7)28-42(59)54-24-16-19-37(54)46(65-8)32(5)38(56)27-35(49(62)63)25-33-17-12-10-13-18-33)53(6)48(61)43(30(2)3)52-47(60)45-34-21-22-36(26-34)55(45)41(58)20-14-11-15-23-51-40(57)29-50/h10,12-13,17-18,30-32,34-37,39,43-46H,9,11,14-16,19-29H2,1-8H3,(H,51,57)(H,52,60)(H,62,63)/t31-,32-,34-,35+,36-,37-,39+,43-,44-,45-,46+/m0/s1. The zero-order chi connectivity index (χ0) is 48.0. The van der Waals surface area contributed by atoms with Crippen LogP contribution in [-0.2, 0) is 49.5 Å². The van der Waals surface area contributed by atoms with Gasteiger partial charge in [-0.3, -0.25) is 33.6 Å². The molecule has 0 spiro atoms. The number of halogens is 1. The maximum atomic E-state index is 14.6. The van der Waals surface area contributed by atoms with Gasteiger partial charge in [-0.1, -0.05) is 93.7 Å². The summed E-state index contributed by atoms with van der Waals surface area (Å²) in [5.74, 6) is -4.16. The molecule has 4 rings (SSSR count). The molecule has 11 atom stereocenters. The van der Waals surface area contributed by atoms with E-state index in [2.05, 4.69) is 26.6 Å². The number of fused-ring (bicyclic) bond motifs is 2. The predicted molar refractivity (Wildman–Crippen MR) is 251 cm³/mol. The maximum Gasteiger partial charge on any atom is 0.307 e. The quantitative estimate of drug-likeness (QED) is 0.0760. The summed E-state index contributed by atoms with van der Waals surface area (Å²) in [6, 6.07) is 6.73. The van der Waals surface area contributed by atoms with Crippen molar-refractivity contribution >= 4 is 57.2 Å². The van der Waals surface area contributed by atoms with Crippen LogP contribution in [0.4, 0.5) is 0 Å². The number of carboxylic acid groups (broad SMARTS) is 1. The number of ketones is 1. The minimum absolute atomic E-state index is 0.000540. The SMILES string of the molecule is CC[C@H](C)[C@@H]([C@@H](CC(=O)N1CCC[C@H]1[C@H](OC)[C@@H](C)C(=O)C[C@@H](Cc1ccccc1)C(=O)O)OC)N(C)C(=O)[C@@H](NC(=O)[C@@H]1[C@H]2CC[C@@H](C2)N1C(=O)CCCCCNC(=O)CBr)C(C)C. The molecule has 5 amide bonds. The van der Waals surface area contributed by atoms with Crippen LogP contribution >= 0.6 is 15.9 Å².